The average molecular weight is 274 g/mol. The first kappa shape index (κ1) is 13.1. The number of benzene rings is 1. The maximum atomic E-state index is 5.85. The molecule has 1 atom stereocenters. The number of hydrogen-bond donors (Lipinski definition) is 2. The van der Waals surface area contributed by atoms with Crippen LogP contribution in [0.4, 0.5) is 0 Å². The van der Waals surface area contributed by atoms with Crippen molar-refractivity contribution in [2.75, 3.05) is 0 Å². The van der Waals surface area contributed by atoms with Gasteiger partial charge < -0.3 is 0 Å². The van der Waals surface area contributed by atoms with Crippen LogP contribution in [0.5, 0.6) is 0 Å². The lowest BCUT2D eigenvalue weighted by Gasteiger charge is -2.31. The maximum Gasteiger partial charge on any atom is 0.0581 e. The molecule has 0 saturated heterocycles. The van der Waals surface area contributed by atoms with Crippen molar-refractivity contribution >= 4 is 21.4 Å². The molecule has 1 heterocycles. The molecule has 1 saturated carbocycles. The summed E-state index contributed by atoms with van der Waals surface area (Å²) in [6.45, 7) is 2.36. The van der Waals surface area contributed by atoms with Gasteiger partial charge in [0.25, 0.3) is 0 Å². The van der Waals surface area contributed by atoms with Gasteiger partial charge in [0.05, 0.1) is 6.04 Å². The summed E-state index contributed by atoms with van der Waals surface area (Å²) in [5.74, 6) is 7.42. The third-order valence-electron chi connectivity index (χ3n) is 4.46. The second kappa shape index (κ2) is 5.61. The molecule has 1 aliphatic carbocycles. The molecule has 0 bridgehead atoms. The first-order chi connectivity index (χ1) is 9.28. The number of hydrogen-bond acceptors (Lipinski definition) is 3. The number of thiophene rings is 1. The van der Waals surface area contributed by atoms with Gasteiger partial charge in [-0.25, -0.2) is 0 Å². The lowest BCUT2D eigenvalue weighted by atomic mass is 9.79. The number of nitrogens with one attached hydrogen (secondary N) is 1. The highest BCUT2D eigenvalue weighted by Crippen LogP contribution is 2.39. The Morgan fingerprint density at radius 1 is 1.21 bits per heavy atom. The van der Waals surface area contributed by atoms with Gasteiger partial charge in [-0.2, -0.15) is 0 Å². The van der Waals surface area contributed by atoms with Crippen LogP contribution in [0, 0.1) is 11.8 Å². The average Bonchev–Trinajstić information content (AvgIpc) is 2.85. The smallest absolute Gasteiger partial charge is 0.0581 e. The molecule has 0 aliphatic heterocycles. The molecule has 0 spiro atoms. The molecule has 2 aromatic rings. The molecule has 1 unspecified atom stereocenters. The highest BCUT2D eigenvalue weighted by molar-refractivity contribution is 7.19. The van der Waals surface area contributed by atoms with Gasteiger partial charge in [-0.3, -0.25) is 11.3 Å². The van der Waals surface area contributed by atoms with Crippen molar-refractivity contribution < 1.29 is 0 Å². The molecular formula is C16H22N2S. The van der Waals surface area contributed by atoms with Crippen molar-refractivity contribution in [3.63, 3.8) is 0 Å². The lowest BCUT2D eigenvalue weighted by Crippen LogP contribution is -2.34. The Kier molecular flexibility index (Phi) is 3.87. The zero-order valence-corrected chi connectivity index (χ0v) is 12.2. The number of fused-ring (bicyclic) bond motifs is 1. The summed E-state index contributed by atoms with van der Waals surface area (Å²) in [6, 6.07) is 11.2. The van der Waals surface area contributed by atoms with Crippen LogP contribution in [0.15, 0.2) is 30.3 Å². The van der Waals surface area contributed by atoms with Crippen LogP contribution in [0.2, 0.25) is 0 Å². The van der Waals surface area contributed by atoms with Crippen molar-refractivity contribution in [3.8, 4) is 0 Å². The largest absolute Gasteiger partial charge is 0.271 e. The molecular weight excluding hydrogens is 252 g/mol. The third-order valence-corrected chi connectivity index (χ3v) is 5.66. The van der Waals surface area contributed by atoms with Gasteiger partial charge in [-0.15, -0.1) is 11.3 Å². The van der Waals surface area contributed by atoms with E-state index in [2.05, 4.69) is 42.7 Å². The van der Waals surface area contributed by atoms with E-state index in [-0.39, 0.29) is 0 Å². The van der Waals surface area contributed by atoms with E-state index in [1.165, 1.54) is 40.6 Å². The van der Waals surface area contributed by atoms with E-state index in [9.17, 15) is 0 Å². The normalized spacial score (nSPS) is 25.6. The van der Waals surface area contributed by atoms with Crippen molar-refractivity contribution in [1.82, 2.24) is 5.43 Å². The molecule has 1 aromatic carbocycles. The van der Waals surface area contributed by atoms with Gasteiger partial charge in [-0.1, -0.05) is 38.0 Å². The Hall–Kier alpha value is -0.900. The monoisotopic (exact) mass is 274 g/mol. The summed E-state index contributed by atoms with van der Waals surface area (Å²) in [5.41, 5.74) is 3.07. The van der Waals surface area contributed by atoms with E-state index in [0.29, 0.717) is 12.0 Å². The molecule has 2 nitrogen and oxygen atoms in total. The Bertz CT molecular complexity index is 507. The molecule has 3 N–H and O–H groups in total. The maximum absolute atomic E-state index is 5.85. The van der Waals surface area contributed by atoms with Gasteiger partial charge in [0.2, 0.25) is 0 Å². The van der Waals surface area contributed by atoms with E-state index in [4.69, 9.17) is 5.84 Å². The van der Waals surface area contributed by atoms with E-state index in [1.54, 1.807) is 0 Å². The van der Waals surface area contributed by atoms with Crippen LogP contribution in [0.1, 0.15) is 43.5 Å². The summed E-state index contributed by atoms with van der Waals surface area (Å²) in [7, 11) is 0. The minimum Gasteiger partial charge on any atom is -0.271 e. The zero-order valence-electron chi connectivity index (χ0n) is 11.4. The van der Waals surface area contributed by atoms with Gasteiger partial charge >= 0.3 is 0 Å². The van der Waals surface area contributed by atoms with Gasteiger partial charge in [0.15, 0.2) is 0 Å². The van der Waals surface area contributed by atoms with Crippen LogP contribution in [-0.2, 0) is 0 Å². The fourth-order valence-electron chi connectivity index (χ4n) is 3.23. The van der Waals surface area contributed by atoms with Gasteiger partial charge in [0, 0.05) is 9.58 Å². The van der Waals surface area contributed by atoms with Crippen LogP contribution in [0.3, 0.4) is 0 Å². The van der Waals surface area contributed by atoms with E-state index >= 15 is 0 Å². The summed E-state index contributed by atoms with van der Waals surface area (Å²) in [6.07, 6.45) is 5.27. The van der Waals surface area contributed by atoms with Crippen LogP contribution >= 0.6 is 11.3 Å². The van der Waals surface area contributed by atoms with Crippen LogP contribution in [0.25, 0.3) is 10.1 Å². The summed E-state index contributed by atoms with van der Waals surface area (Å²) in [4.78, 5) is 1.39. The van der Waals surface area contributed by atoms with Crippen molar-refractivity contribution in [2.45, 2.75) is 38.6 Å². The first-order valence-electron chi connectivity index (χ1n) is 7.22. The van der Waals surface area contributed by atoms with E-state index in [0.717, 1.165) is 5.92 Å². The minimum absolute atomic E-state index is 0.324. The predicted octanol–water partition coefficient (Wildman–Crippen LogP) is 4.23. The van der Waals surface area contributed by atoms with Gasteiger partial charge in [0.1, 0.15) is 0 Å². The molecule has 3 heteroatoms. The Labute approximate surface area is 119 Å². The van der Waals surface area contributed by atoms with E-state index in [1.807, 2.05) is 11.3 Å². The molecule has 19 heavy (non-hydrogen) atoms. The second-order valence-corrected chi connectivity index (χ2v) is 6.97. The SMILES string of the molecule is CC1CCC(C(NN)c2cc3ccccc3s2)CC1. The summed E-state index contributed by atoms with van der Waals surface area (Å²) >= 11 is 1.88. The zero-order chi connectivity index (χ0) is 13.2. The fourth-order valence-corrected chi connectivity index (χ4v) is 4.44. The molecule has 0 radical (unpaired) electrons. The topological polar surface area (TPSA) is 38.0 Å². The minimum atomic E-state index is 0.324. The van der Waals surface area contributed by atoms with Crippen molar-refractivity contribution in [3.05, 3.63) is 35.2 Å². The first-order valence-corrected chi connectivity index (χ1v) is 8.04. The van der Waals surface area contributed by atoms with E-state index < -0.39 is 0 Å². The molecule has 1 aliphatic rings. The van der Waals surface area contributed by atoms with Crippen LogP contribution in [-0.4, -0.2) is 0 Å². The molecule has 1 fully saturated rings. The quantitative estimate of drug-likeness (QED) is 0.649. The molecule has 3 rings (SSSR count). The highest BCUT2D eigenvalue weighted by Gasteiger charge is 2.27. The molecule has 0 amide bonds. The predicted molar refractivity (Wildman–Crippen MR) is 83.0 cm³/mol. The number of rotatable bonds is 3. The Balaban J connectivity index is 1.85. The standard InChI is InChI=1S/C16H22N2S/c1-11-6-8-12(9-7-11)16(18-17)15-10-13-4-2-3-5-14(13)19-15/h2-5,10-12,16,18H,6-9,17H2,1H3. The van der Waals surface area contributed by atoms with Crippen molar-refractivity contribution in [1.29, 1.82) is 0 Å². The Morgan fingerprint density at radius 3 is 2.63 bits per heavy atom. The number of hydrazine groups is 1. The van der Waals surface area contributed by atoms with Crippen molar-refractivity contribution in [2.24, 2.45) is 17.7 Å². The molecule has 102 valence electrons. The second-order valence-electron chi connectivity index (χ2n) is 5.85. The Morgan fingerprint density at radius 2 is 1.95 bits per heavy atom. The third kappa shape index (κ3) is 2.69. The lowest BCUT2D eigenvalue weighted by molar-refractivity contribution is 0.234. The van der Waals surface area contributed by atoms with Crippen LogP contribution < -0.4 is 11.3 Å². The summed E-state index contributed by atoms with van der Waals surface area (Å²) < 4.78 is 1.36. The number of nitrogens with two attached hydrogens (primary N) is 1. The summed E-state index contributed by atoms with van der Waals surface area (Å²) in [5, 5.41) is 1.34. The highest BCUT2D eigenvalue weighted by atomic mass is 32.1. The fraction of sp³-hybridized carbons (Fsp3) is 0.500. The van der Waals surface area contributed by atoms with Gasteiger partial charge in [-0.05, 0) is 42.2 Å². The molecule has 1 aromatic heterocycles.